The molecule has 0 saturated carbocycles. The summed E-state index contributed by atoms with van der Waals surface area (Å²) in [5.74, 6) is -0.338. The molecule has 2 rings (SSSR count). The van der Waals surface area contributed by atoms with E-state index in [1.807, 2.05) is 0 Å². The van der Waals surface area contributed by atoms with Crippen LogP contribution in [0.2, 0.25) is 0 Å². The number of halogens is 3. The molecule has 14 heavy (non-hydrogen) atoms. The summed E-state index contributed by atoms with van der Waals surface area (Å²) in [6.45, 7) is 0. The summed E-state index contributed by atoms with van der Waals surface area (Å²) < 4.78 is 14.6. The zero-order valence-electron chi connectivity index (χ0n) is 6.89. The van der Waals surface area contributed by atoms with Gasteiger partial charge in [-0.05, 0) is 44.0 Å². The van der Waals surface area contributed by atoms with Gasteiger partial charge in [0, 0.05) is 21.7 Å². The Hall–Kier alpha value is -0.680. The van der Waals surface area contributed by atoms with Gasteiger partial charge in [-0.25, -0.2) is 9.37 Å². The Morgan fingerprint density at radius 3 is 2.57 bits per heavy atom. The minimum Gasteiger partial charge on any atom is -0.398 e. The van der Waals surface area contributed by atoms with Crippen LogP contribution < -0.4 is 5.73 Å². The molecule has 0 aliphatic heterocycles. The number of hydrogen-bond donors (Lipinski definition) is 1. The van der Waals surface area contributed by atoms with Gasteiger partial charge >= 0.3 is 0 Å². The van der Waals surface area contributed by atoms with Crippen LogP contribution in [0.25, 0.3) is 10.8 Å². The molecule has 72 valence electrons. The number of nitrogen functional groups attached to an aromatic ring is 1. The van der Waals surface area contributed by atoms with Crippen LogP contribution in [0.15, 0.2) is 27.4 Å². The number of benzene rings is 1. The average Bonchev–Trinajstić information content (AvgIpc) is 2.16. The molecule has 0 unspecified atom stereocenters. The molecule has 2 nitrogen and oxygen atoms in total. The lowest BCUT2D eigenvalue weighted by atomic mass is 10.1. The third-order valence-corrected chi connectivity index (χ3v) is 3.13. The molecule has 0 saturated heterocycles. The van der Waals surface area contributed by atoms with Crippen LogP contribution in [0.1, 0.15) is 0 Å². The maximum absolute atomic E-state index is 13.5. The van der Waals surface area contributed by atoms with Gasteiger partial charge in [0.05, 0.1) is 5.39 Å². The zero-order chi connectivity index (χ0) is 10.3. The smallest absolute Gasteiger partial charge is 0.133 e. The van der Waals surface area contributed by atoms with E-state index in [1.165, 1.54) is 12.1 Å². The van der Waals surface area contributed by atoms with Gasteiger partial charge in [0.15, 0.2) is 0 Å². The first-order chi connectivity index (χ1) is 6.61. The van der Waals surface area contributed by atoms with Crippen LogP contribution >= 0.6 is 31.9 Å². The lowest BCUT2D eigenvalue weighted by Gasteiger charge is -2.06. The lowest BCUT2D eigenvalue weighted by molar-refractivity contribution is 0.639. The molecule has 0 bridgehead atoms. The van der Waals surface area contributed by atoms with E-state index < -0.39 is 0 Å². The lowest BCUT2D eigenvalue weighted by Crippen LogP contribution is -1.92. The third kappa shape index (κ3) is 1.40. The van der Waals surface area contributed by atoms with E-state index in [2.05, 4.69) is 36.8 Å². The van der Waals surface area contributed by atoms with Crippen LogP contribution in [0.4, 0.5) is 10.1 Å². The van der Waals surface area contributed by atoms with E-state index in [0.29, 0.717) is 25.5 Å². The normalized spacial score (nSPS) is 10.8. The minimum atomic E-state index is -0.338. The Bertz CT molecular complexity index is 424. The summed E-state index contributed by atoms with van der Waals surface area (Å²) in [4.78, 5) is 3.98. The van der Waals surface area contributed by atoms with Crippen LogP contribution in [-0.2, 0) is 0 Å². The number of rotatable bonds is 0. The van der Waals surface area contributed by atoms with Crippen molar-refractivity contribution in [1.82, 2.24) is 4.98 Å². The van der Waals surface area contributed by atoms with Gasteiger partial charge in [-0.3, -0.25) is 0 Å². The van der Waals surface area contributed by atoms with E-state index in [1.54, 1.807) is 6.20 Å². The molecule has 2 N–H and O–H groups in total. The van der Waals surface area contributed by atoms with Crippen molar-refractivity contribution in [1.29, 1.82) is 0 Å². The number of nitrogens with zero attached hydrogens (tertiary/aromatic N) is 1. The zero-order valence-corrected chi connectivity index (χ0v) is 10.1. The third-order valence-electron chi connectivity index (χ3n) is 1.92. The van der Waals surface area contributed by atoms with E-state index in [4.69, 9.17) is 5.73 Å². The van der Waals surface area contributed by atoms with Gasteiger partial charge in [-0.15, -0.1) is 0 Å². The number of fused-ring (bicyclic) bond motifs is 1. The number of hydrogen-bond acceptors (Lipinski definition) is 2. The van der Waals surface area contributed by atoms with Gasteiger partial charge < -0.3 is 5.73 Å². The second-order valence-corrected chi connectivity index (χ2v) is 4.39. The molecule has 1 heterocycles. The molecule has 1 aromatic heterocycles. The molecular formula is C9H5Br2FN2. The highest BCUT2D eigenvalue weighted by Crippen LogP contribution is 2.34. The van der Waals surface area contributed by atoms with Crippen LogP contribution in [-0.4, -0.2) is 4.98 Å². The first-order valence-corrected chi connectivity index (χ1v) is 5.37. The Morgan fingerprint density at radius 1 is 1.21 bits per heavy atom. The van der Waals surface area contributed by atoms with Crippen molar-refractivity contribution in [2.45, 2.75) is 0 Å². The van der Waals surface area contributed by atoms with Crippen molar-refractivity contribution in [3.63, 3.8) is 0 Å². The SMILES string of the molecule is Nc1ccc(F)c2c(Br)ncc(Br)c12. The Balaban J connectivity index is 3.05. The summed E-state index contributed by atoms with van der Waals surface area (Å²) in [5, 5.41) is 1.05. The summed E-state index contributed by atoms with van der Waals surface area (Å²) in [5.41, 5.74) is 6.27. The molecule has 0 atom stereocenters. The molecule has 0 amide bonds. The van der Waals surface area contributed by atoms with Gasteiger partial charge in [0.25, 0.3) is 0 Å². The second-order valence-electron chi connectivity index (χ2n) is 2.78. The molecule has 2 aromatic rings. The highest BCUT2D eigenvalue weighted by molar-refractivity contribution is 9.11. The summed E-state index contributed by atoms with van der Waals surface area (Å²) in [6.07, 6.45) is 1.59. The highest BCUT2D eigenvalue weighted by Gasteiger charge is 2.11. The molecular weight excluding hydrogens is 315 g/mol. The molecule has 0 aliphatic rings. The predicted molar refractivity (Wildman–Crippen MR) is 61.5 cm³/mol. The molecule has 1 aromatic carbocycles. The van der Waals surface area contributed by atoms with Crippen LogP contribution in [0, 0.1) is 5.82 Å². The largest absolute Gasteiger partial charge is 0.398 e. The second kappa shape index (κ2) is 3.47. The fourth-order valence-electron chi connectivity index (χ4n) is 1.29. The number of nitrogens with two attached hydrogens (primary N) is 1. The number of aromatic nitrogens is 1. The summed E-state index contributed by atoms with van der Waals surface area (Å²) >= 11 is 6.47. The van der Waals surface area contributed by atoms with Crippen molar-refractivity contribution >= 4 is 48.3 Å². The minimum absolute atomic E-state index is 0.338. The maximum atomic E-state index is 13.5. The Morgan fingerprint density at radius 2 is 1.93 bits per heavy atom. The van der Waals surface area contributed by atoms with Crippen LogP contribution in [0.3, 0.4) is 0 Å². The molecule has 5 heteroatoms. The fourth-order valence-corrected chi connectivity index (χ4v) is 2.31. The first-order valence-electron chi connectivity index (χ1n) is 3.79. The summed E-state index contributed by atoms with van der Waals surface area (Å²) in [7, 11) is 0. The van der Waals surface area contributed by atoms with Crippen molar-refractivity contribution in [2.24, 2.45) is 0 Å². The van der Waals surface area contributed by atoms with Gasteiger partial charge in [-0.1, -0.05) is 0 Å². The van der Waals surface area contributed by atoms with Crippen molar-refractivity contribution in [3.05, 3.63) is 33.2 Å². The van der Waals surface area contributed by atoms with E-state index >= 15 is 0 Å². The maximum Gasteiger partial charge on any atom is 0.133 e. The average molecular weight is 320 g/mol. The molecule has 0 fully saturated rings. The highest BCUT2D eigenvalue weighted by atomic mass is 79.9. The first kappa shape index (κ1) is 9.86. The van der Waals surface area contributed by atoms with E-state index in [9.17, 15) is 4.39 Å². The molecule has 0 spiro atoms. The predicted octanol–water partition coefficient (Wildman–Crippen LogP) is 3.48. The van der Waals surface area contributed by atoms with Gasteiger partial charge in [0.1, 0.15) is 10.4 Å². The molecule has 0 aliphatic carbocycles. The van der Waals surface area contributed by atoms with E-state index in [0.717, 1.165) is 0 Å². The quantitative estimate of drug-likeness (QED) is 0.596. The van der Waals surface area contributed by atoms with Crippen molar-refractivity contribution in [3.8, 4) is 0 Å². The Kier molecular flexibility index (Phi) is 2.45. The fraction of sp³-hybridized carbons (Fsp3) is 0. The monoisotopic (exact) mass is 318 g/mol. The van der Waals surface area contributed by atoms with Gasteiger partial charge in [0.2, 0.25) is 0 Å². The van der Waals surface area contributed by atoms with Gasteiger partial charge in [-0.2, -0.15) is 0 Å². The number of pyridine rings is 1. The molecule has 0 radical (unpaired) electrons. The standard InChI is InChI=1S/C9H5Br2FN2/c10-4-3-14-9(11)8-5(12)1-2-6(13)7(4)8/h1-3H,13H2. The topological polar surface area (TPSA) is 38.9 Å². The Labute approximate surface area is 96.6 Å². The number of anilines is 1. The van der Waals surface area contributed by atoms with Crippen LogP contribution in [0.5, 0.6) is 0 Å². The van der Waals surface area contributed by atoms with Crippen molar-refractivity contribution < 1.29 is 4.39 Å². The van der Waals surface area contributed by atoms with E-state index in [-0.39, 0.29) is 5.82 Å². The van der Waals surface area contributed by atoms with Crippen molar-refractivity contribution in [2.75, 3.05) is 5.73 Å². The summed E-state index contributed by atoms with van der Waals surface area (Å²) in [6, 6.07) is 2.87.